The van der Waals surface area contributed by atoms with E-state index in [1.165, 1.54) is 0 Å². The van der Waals surface area contributed by atoms with E-state index in [9.17, 15) is 9.59 Å². The lowest BCUT2D eigenvalue weighted by Gasteiger charge is -2.33. The molecule has 3 rings (SSSR count). The molecule has 1 aliphatic heterocycles. The third kappa shape index (κ3) is 3.19. The summed E-state index contributed by atoms with van der Waals surface area (Å²) < 4.78 is 5.57. The zero-order valence-electron chi connectivity index (χ0n) is 14.1. The van der Waals surface area contributed by atoms with E-state index in [4.69, 9.17) is 4.42 Å². The second kappa shape index (κ2) is 6.49. The largest absolute Gasteiger partial charge is 0.465 e. The zero-order valence-corrected chi connectivity index (χ0v) is 14.1. The second-order valence-electron chi connectivity index (χ2n) is 6.09. The van der Waals surface area contributed by atoms with E-state index in [0.717, 1.165) is 17.2 Å². The maximum absolute atomic E-state index is 12.9. The number of hydrogen-bond acceptors (Lipinski definition) is 4. The summed E-state index contributed by atoms with van der Waals surface area (Å²) in [7, 11) is 1.87. The molecular formula is C18H21N3O3. The Morgan fingerprint density at radius 3 is 2.79 bits per heavy atom. The van der Waals surface area contributed by atoms with Gasteiger partial charge >= 0.3 is 0 Å². The molecule has 6 nitrogen and oxygen atoms in total. The summed E-state index contributed by atoms with van der Waals surface area (Å²) in [6.45, 7) is 4.30. The fourth-order valence-corrected chi connectivity index (χ4v) is 2.80. The Hall–Kier alpha value is -2.60. The lowest BCUT2D eigenvalue weighted by atomic mass is 10.1. The Labute approximate surface area is 141 Å². The summed E-state index contributed by atoms with van der Waals surface area (Å²) in [6, 6.07) is 10.8. The summed E-state index contributed by atoms with van der Waals surface area (Å²) in [4.78, 5) is 28.3. The molecule has 2 amide bonds. The quantitative estimate of drug-likeness (QED) is 0.936. The van der Waals surface area contributed by atoms with Crippen molar-refractivity contribution in [1.29, 1.82) is 0 Å². The van der Waals surface area contributed by atoms with Crippen LogP contribution in [0.25, 0.3) is 0 Å². The van der Waals surface area contributed by atoms with Gasteiger partial charge in [-0.3, -0.25) is 19.4 Å². The molecule has 126 valence electrons. The number of carbonyl (C=O) groups is 2. The van der Waals surface area contributed by atoms with Crippen molar-refractivity contribution in [2.45, 2.75) is 26.4 Å². The molecule has 0 radical (unpaired) electrons. The average Bonchev–Trinajstić information content (AvgIpc) is 2.97. The highest BCUT2D eigenvalue weighted by Gasteiger charge is 2.31. The van der Waals surface area contributed by atoms with Crippen LogP contribution >= 0.6 is 0 Å². The van der Waals surface area contributed by atoms with Gasteiger partial charge in [0.15, 0.2) is 0 Å². The molecule has 0 spiro atoms. The predicted octanol–water partition coefficient (Wildman–Crippen LogP) is 2.39. The number of nitrogens with one attached hydrogen (secondary N) is 1. The number of amides is 2. The molecule has 1 aromatic heterocycles. The number of furan rings is 1. The van der Waals surface area contributed by atoms with Crippen molar-refractivity contribution in [1.82, 2.24) is 4.90 Å². The van der Waals surface area contributed by atoms with Gasteiger partial charge in [0.05, 0.1) is 24.0 Å². The van der Waals surface area contributed by atoms with Crippen molar-refractivity contribution in [3.05, 3.63) is 47.9 Å². The van der Waals surface area contributed by atoms with E-state index in [1.807, 2.05) is 56.1 Å². The number of benzene rings is 1. The van der Waals surface area contributed by atoms with Gasteiger partial charge in [-0.05, 0) is 45.2 Å². The van der Waals surface area contributed by atoms with Crippen LogP contribution in [0.4, 0.5) is 11.4 Å². The van der Waals surface area contributed by atoms with Crippen LogP contribution in [0.15, 0.2) is 40.8 Å². The molecule has 0 saturated heterocycles. The molecular weight excluding hydrogens is 306 g/mol. The second-order valence-corrected chi connectivity index (χ2v) is 6.09. The van der Waals surface area contributed by atoms with Crippen LogP contribution in [0.1, 0.15) is 18.4 Å². The first-order valence-electron chi connectivity index (χ1n) is 7.91. The van der Waals surface area contributed by atoms with Crippen molar-refractivity contribution in [3.8, 4) is 0 Å². The highest BCUT2D eigenvalue weighted by atomic mass is 16.3. The molecule has 0 saturated carbocycles. The number of carbonyl (C=O) groups excluding carboxylic acids is 2. The van der Waals surface area contributed by atoms with Gasteiger partial charge < -0.3 is 9.73 Å². The lowest BCUT2D eigenvalue weighted by Crippen LogP contribution is -2.50. The molecule has 1 N–H and O–H groups in total. The third-order valence-corrected chi connectivity index (χ3v) is 4.26. The Balaban J connectivity index is 1.77. The summed E-state index contributed by atoms with van der Waals surface area (Å²) in [6.07, 6.45) is 0. The van der Waals surface area contributed by atoms with Crippen molar-refractivity contribution in [2.24, 2.45) is 0 Å². The molecule has 0 aliphatic carbocycles. The van der Waals surface area contributed by atoms with Crippen LogP contribution in [0.3, 0.4) is 0 Å². The van der Waals surface area contributed by atoms with Gasteiger partial charge in [-0.15, -0.1) is 0 Å². The minimum atomic E-state index is -0.380. The topological polar surface area (TPSA) is 65.8 Å². The predicted molar refractivity (Wildman–Crippen MR) is 91.8 cm³/mol. The molecule has 2 aromatic rings. The Morgan fingerprint density at radius 2 is 2.08 bits per heavy atom. The zero-order chi connectivity index (χ0) is 17.3. The van der Waals surface area contributed by atoms with E-state index in [1.54, 1.807) is 11.0 Å². The number of anilines is 2. The molecule has 6 heteroatoms. The standard InChI is InChI=1S/C18H21N3O3/c1-12-8-9-14(24-12)10-20(3)13(2)18(23)21-11-17(22)19-15-6-4-5-7-16(15)21/h4-9,13H,10-11H2,1-3H3,(H,19,22)/t13-/m0/s1. The third-order valence-electron chi connectivity index (χ3n) is 4.26. The van der Waals surface area contributed by atoms with E-state index in [2.05, 4.69) is 5.32 Å². The molecule has 0 unspecified atom stereocenters. The van der Waals surface area contributed by atoms with Gasteiger partial charge in [0.1, 0.15) is 18.1 Å². The van der Waals surface area contributed by atoms with Crippen LogP contribution in [0.5, 0.6) is 0 Å². The molecule has 0 fully saturated rings. The highest BCUT2D eigenvalue weighted by molar-refractivity contribution is 6.11. The van der Waals surface area contributed by atoms with Gasteiger partial charge in [-0.1, -0.05) is 12.1 Å². The molecule has 2 heterocycles. The number of para-hydroxylation sites is 2. The minimum Gasteiger partial charge on any atom is -0.465 e. The number of aryl methyl sites for hydroxylation is 1. The minimum absolute atomic E-state index is 0.0356. The summed E-state index contributed by atoms with van der Waals surface area (Å²) >= 11 is 0. The first kappa shape index (κ1) is 16.3. The highest BCUT2D eigenvalue weighted by Crippen LogP contribution is 2.29. The van der Waals surface area contributed by atoms with Crippen molar-refractivity contribution in [2.75, 3.05) is 23.8 Å². The van der Waals surface area contributed by atoms with Crippen LogP contribution in [0.2, 0.25) is 0 Å². The molecule has 1 aromatic carbocycles. The number of nitrogens with zero attached hydrogens (tertiary/aromatic N) is 2. The van der Waals surface area contributed by atoms with E-state index >= 15 is 0 Å². The van der Waals surface area contributed by atoms with E-state index in [-0.39, 0.29) is 24.4 Å². The molecule has 1 aliphatic rings. The summed E-state index contributed by atoms with van der Waals surface area (Å²) in [5, 5.41) is 2.79. The van der Waals surface area contributed by atoms with E-state index < -0.39 is 0 Å². The van der Waals surface area contributed by atoms with Crippen LogP contribution < -0.4 is 10.2 Å². The van der Waals surface area contributed by atoms with Crippen LogP contribution in [0, 0.1) is 6.92 Å². The molecule has 1 atom stereocenters. The Kier molecular flexibility index (Phi) is 4.40. The number of fused-ring (bicyclic) bond motifs is 1. The van der Waals surface area contributed by atoms with Crippen LogP contribution in [-0.4, -0.2) is 36.3 Å². The molecule has 24 heavy (non-hydrogen) atoms. The van der Waals surface area contributed by atoms with Crippen molar-refractivity contribution < 1.29 is 14.0 Å². The normalized spacial score (nSPS) is 15.2. The number of hydrogen-bond donors (Lipinski definition) is 1. The van der Waals surface area contributed by atoms with Gasteiger partial charge in [0.25, 0.3) is 0 Å². The van der Waals surface area contributed by atoms with Crippen molar-refractivity contribution >= 4 is 23.2 Å². The van der Waals surface area contributed by atoms with Gasteiger partial charge in [-0.25, -0.2) is 0 Å². The first-order chi connectivity index (χ1) is 11.5. The van der Waals surface area contributed by atoms with E-state index in [0.29, 0.717) is 12.2 Å². The number of rotatable bonds is 4. The Bertz CT molecular complexity index is 768. The van der Waals surface area contributed by atoms with Crippen LogP contribution in [-0.2, 0) is 16.1 Å². The lowest BCUT2D eigenvalue weighted by molar-refractivity contribution is -0.125. The summed E-state index contributed by atoms with van der Waals surface area (Å²) in [5.41, 5.74) is 1.40. The van der Waals surface area contributed by atoms with Gasteiger partial charge in [-0.2, -0.15) is 0 Å². The fraction of sp³-hybridized carbons (Fsp3) is 0.333. The monoisotopic (exact) mass is 327 g/mol. The summed E-state index contributed by atoms with van der Waals surface area (Å²) in [5.74, 6) is 1.37. The SMILES string of the molecule is Cc1ccc(CN(C)[C@@H](C)C(=O)N2CC(=O)Nc3ccccc32)o1. The smallest absolute Gasteiger partial charge is 0.244 e. The first-order valence-corrected chi connectivity index (χ1v) is 7.91. The number of likely N-dealkylation sites (N-methyl/N-ethyl adjacent to an activating group) is 1. The maximum Gasteiger partial charge on any atom is 0.244 e. The Morgan fingerprint density at radius 1 is 1.33 bits per heavy atom. The maximum atomic E-state index is 12.9. The van der Waals surface area contributed by atoms with Gasteiger partial charge in [0, 0.05) is 0 Å². The molecule has 0 bridgehead atoms. The van der Waals surface area contributed by atoms with Gasteiger partial charge in [0.2, 0.25) is 11.8 Å². The fourth-order valence-electron chi connectivity index (χ4n) is 2.80. The van der Waals surface area contributed by atoms with Crippen molar-refractivity contribution in [3.63, 3.8) is 0 Å². The average molecular weight is 327 g/mol.